The second-order valence-corrected chi connectivity index (χ2v) is 11.7. The van der Waals surface area contributed by atoms with E-state index in [1.165, 1.54) is 54.4 Å². The third-order valence-electron chi connectivity index (χ3n) is 8.62. The molecule has 0 amide bonds. The first-order valence-corrected chi connectivity index (χ1v) is 12.8. The molecule has 0 aliphatic heterocycles. The number of fused-ring (bicyclic) bond motifs is 1. The van der Waals surface area contributed by atoms with E-state index in [1.807, 2.05) is 0 Å². The second-order valence-electron chi connectivity index (χ2n) is 11.7. The van der Waals surface area contributed by atoms with E-state index >= 15 is 0 Å². The number of hydrogen-bond donors (Lipinski definition) is 1. The SMILES string of the molecule is C=C1CC[C@H]2C(C)(C)[C@@H](O)CC[C@]2(C)[C@H]1CC/C=C(\C)CC/C=C(\C)CCC=C(C)C. The zero-order valence-electron chi connectivity index (χ0n) is 21.7. The predicted molar refractivity (Wildman–Crippen MR) is 137 cm³/mol. The van der Waals surface area contributed by atoms with Crippen LogP contribution in [0.3, 0.4) is 0 Å². The van der Waals surface area contributed by atoms with Crippen LogP contribution in [0.2, 0.25) is 0 Å². The largest absolute Gasteiger partial charge is 0.393 e. The van der Waals surface area contributed by atoms with E-state index in [4.69, 9.17) is 0 Å². The van der Waals surface area contributed by atoms with Gasteiger partial charge in [0.25, 0.3) is 0 Å². The molecule has 2 rings (SSSR count). The fourth-order valence-corrected chi connectivity index (χ4v) is 6.53. The number of allylic oxidation sites excluding steroid dienone is 7. The van der Waals surface area contributed by atoms with Gasteiger partial charge in [-0.3, -0.25) is 0 Å². The minimum atomic E-state index is -0.154. The molecule has 0 aromatic rings. The van der Waals surface area contributed by atoms with Gasteiger partial charge in [-0.25, -0.2) is 0 Å². The Morgan fingerprint density at radius 2 is 1.52 bits per heavy atom. The molecule has 0 unspecified atom stereocenters. The molecule has 1 heteroatoms. The van der Waals surface area contributed by atoms with Crippen molar-refractivity contribution in [1.29, 1.82) is 0 Å². The Hall–Kier alpha value is -1.08. The Kier molecular flexibility index (Phi) is 9.43. The van der Waals surface area contributed by atoms with Crippen molar-refractivity contribution in [1.82, 2.24) is 0 Å². The Labute approximate surface area is 193 Å². The van der Waals surface area contributed by atoms with Crippen molar-refractivity contribution in [2.24, 2.45) is 22.7 Å². The maximum atomic E-state index is 10.6. The van der Waals surface area contributed by atoms with E-state index in [0.717, 1.165) is 32.1 Å². The van der Waals surface area contributed by atoms with Crippen molar-refractivity contribution in [2.75, 3.05) is 0 Å². The summed E-state index contributed by atoms with van der Waals surface area (Å²) in [6.45, 7) is 20.5. The van der Waals surface area contributed by atoms with Gasteiger partial charge < -0.3 is 5.11 Å². The number of aliphatic hydroxyl groups excluding tert-OH is 1. The summed E-state index contributed by atoms with van der Waals surface area (Å²) in [5, 5.41) is 10.6. The molecule has 0 bridgehead atoms. The maximum absolute atomic E-state index is 10.6. The fraction of sp³-hybridized carbons (Fsp3) is 0.733. The summed E-state index contributed by atoms with van der Waals surface area (Å²) >= 11 is 0. The second kappa shape index (κ2) is 11.2. The van der Waals surface area contributed by atoms with Gasteiger partial charge in [-0.15, -0.1) is 0 Å². The maximum Gasteiger partial charge on any atom is 0.0594 e. The average Bonchev–Trinajstić information content (AvgIpc) is 2.67. The first-order valence-electron chi connectivity index (χ1n) is 12.8. The van der Waals surface area contributed by atoms with Gasteiger partial charge in [-0.05, 0) is 115 Å². The summed E-state index contributed by atoms with van der Waals surface area (Å²) in [5.74, 6) is 1.20. The molecular weight excluding hydrogens is 376 g/mol. The molecule has 0 radical (unpaired) electrons. The van der Waals surface area contributed by atoms with Crippen LogP contribution in [0.5, 0.6) is 0 Å². The zero-order chi connectivity index (χ0) is 23.2. The van der Waals surface area contributed by atoms with Gasteiger partial charge in [0.1, 0.15) is 0 Å². The Bertz CT molecular complexity index is 700. The molecule has 0 heterocycles. The molecule has 0 saturated heterocycles. The smallest absolute Gasteiger partial charge is 0.0594 e. The monoisotopic (exact) mass is 426 g/mol. The van der Waals surface area contributed by atoms with Crippen molar-refractivity contribution in [3.8, 4) is 0 Å². The Balaban J connectivity index is 1.89. The van der Waals surface area contributed by atoms with Crippen LogP contribution in [-0.4, -0.2) is 11.2 Å². The van der Waals surface area contributed by atoms with Crippen LogP contribution in [0.25, 0.3) is 0 Å². The van der Waals surface area contributed by atoms with Gasteiger partial charge in [0.15, 0.2) is 0 Å². The number of aliphatic hydroxyl groups is 1. The third kappa shape index (κ3) is 6.70. The van der Waals surface area contributed by atoms with Gasteiger partial charge in [0.2, 0.25) is 0 Å². The van der Waals surface area contributed by atoms with Crippen LogP contribution in [-0.2, 0) is 0 Å². The van der Waals surface area contributed by atoms with Crippen molar-refractivity contribution in [3.63, 3.8) is 0 Å². The lowest BCUT2D eigenvalue weighted by atomic mass is 9.46. The van der Waals surface area contributed by atoms with E-state index < -0.39 is 0 Å². The van der Waals surface area contributed by atoms with Crippen molar-refractivity contribution in [2.45, 2.75) is 119 Å². The summed E-state index contributed by atoms with van der Waals surface area (Å²) < 4.78 is 0. The van der Waals surface area contributed by atoms with Crippen molar-refractivity contribution in [3.05, 3.63) is 47.1 Å². The zero-order valence-corrected chi connectivity index (χ0v) is 21.7. The molecule has 4 atom stereocenters. The molecule has 176 valence electrons. The molecule has 2 aliphatic carbocycles. The van der Waals surface area contributed by atoms with Gasteiger partial charge in [0.05, 0.1) is 6.10 Å². The summed E-state index contributed by atoms with van der Waals surface area (Å²) in [6.07, 6.45) is 18.6. The molecule has 1 nitrogen and oxygen atoms in total. The van der Waals surface area contributed by atoms with E-state index in [-0.39, 0.29) is 11.5 Å². The van der Waals surface area contributed by atoms with E-state index in [9.17, 15) is 5.11 Å². The quantitative estimate of drug-likeness (QED) is 0.365. The molecule has 0 spiro atoms. The topological polar surface area (TPSA) is 20.2 Å². The predicted octanol–water partition coefficient (Wildman–Crippen LogP) is 8.96. The molecule has 0 aromatic heterocycles. The highest BCUT2D eigenvalue weighted by molar-refractivity contribution is 5.17. The summed E-state index contributed by atoms with van der Waals surface area (Å²) in [5.41, 5.74) is 6.24. The lowest BCUT2D eigenvalue weighted by Gasteiger charge is -2.59. The molecule has 0 aromatic carbocycles. The highest BCUT2D eigenvalue weighted by atomic mass is 16.3. The molecule has 31 heavy (non-hydrogen) atoms. The molecule has 2 saturated carbocycles. The normalized spacial score (nSPS) is 31.4. The number of hydrogen-bond acceptors (Lipinski definition) is 1. The minimum absolute atomic E-state index is 0.0213. The van der Waals surface area contributed by atoms with Crippen LogP contribution >= 0.6 is 0 Å². The van der Waals surface area contributed by atoms with Gasteiger partial charge in [-0.2, -0.15) is 0 Å². The third-order valence-corrected chi connectivity index (χ3v) is 8.62. The first kappa shape index (κ1) is 26.2. The lowest BCUT2D eigenvalue weighted by Crippen LogP contribution is -2.54. The highest BCUT2D eigenvalue weighted by Gasteiger charge is 2.55. The Morgan fingerprint density at radius 3 is 2.13 bits per heavy atom. The van der Waals surface area contributed by atoms with Crippen molar-refractivity contribution >= 4 is 0 Å². The fourth-order valence-electron chi connectivity index (χ4n) is 6.53. The van der Waals surface area contributed by atoms with Crippen LogP contribution in [0.1, 0.15) is 113 Å². The highest BCUT2D eigenvalue weighted by Crippen LogP contribution is 2.61. The number of rotatable bonds is 9. The van der Waals surface area contributed by atoms with Crippen LogP contribution in [0, 0.1) is 22.7 Å². The van der Waals surface area contributed by atoms with Gasteiger partial charge >= 0.3 is 0 Å². The van der Waals surface area contributed by atoms with Crippen LogP contribution in [0.4, 0.5) is 0 Å². The van der Waals surface area contributed by atoms with E-state index in [1.54, 1.807) is 0 Å². The van der Waals surface area contributed by atoms with Crippen LogP contribution < -0.4 is 0 Å². The van der Waals surface area contributed by atoms with Crippen molar-refractivity contribution < 1.29 is 5.11 Å². The first-order chi connectivity index (χ1) is 14.5. The standard InChI is InChI=1S/C30H50O/c1-22(2)12-9-13-23(3)14-10-15-24(4)16-11-17-26-25(5)18-19-27-29(6,7)28(31)20-21-30(26,27)8/h12,14,16,26-28,31H,5,9-11,13,15,17-21H2,1-4,6-8H3/b23-14+,24-16+/t26-,27-,28-,30+/m0/s1. The lowest BCUT2D eigenvalue weighted by molar-refractivity contribution is -0.124. The van der Waals surface area contributed by atoms with E-state index in [0.29, 0.717) is 17.3 Å². The molecule has 1 N–H and O–H groups in total. The summed E-state index contributed by atoms with van der Waals surface area (Å²) in [6, 6.07) is 0. The molecule has 2 fully saturated rings. The average molecular weight is 427 g/mol. The van der Waals surface area contributed by atoms with Gasteiger partial charge in [0, 0.05) is 0 Å². The summed E-state index contributed by atoms with van der Waals surface area (Å²) in [7, 11) is 0. The Morgan fingerprint density at radius 1 is 0.935 bits per heavy atom. The van der Waals surface area contributed by atoms with Gasteiger partial charge in [-0.1, -0.05) is 67.9 Å². The van der Waals surface area contributed by atoms with E-state index in [2.05, 4.69) is 73.3 Å². The molecular formula is C30H50O. The minimum Gasteiger partial charge on any atom is -0.393 e. The summed E-state index contributed by atoms with van der Waals surface area (Å²) in [4.78, 5) is 0. The van der Waals surface area contributed by atoms with Crippen LogP contribution in [0.15, 0.2) is 47.1 Å². The molecule has 2 aliphatic rings.